The van der Waals surface area contributed by atoms with E-state index in [0.29, 0.717) is 0 Å². The fourth-order valence-corrected chi connectivity index (χ4v) is 3.66. The third-order valence-electron chi connectivity index (χ3n) is 5.19. The fourth-order valence-electron chi connectivity index (χ4n) is 3.66. The van der Waals surface area contributed by atoms with Crippen molar-refractivity contribution in [1.29, 1.82) is 0 Å². The van der Waals surface area contributed by atoms with Gasteiger partial charge in [-0.05, 0) is 55.0 Å². The van der Waals surface area contributed by atoms with Gasteiger partial charge in [0.1, 0.15) is 5.75 Å². The Morgan fingerprint density at radius 1 is 0.880 bits per heavy atom. The van der Waals surface area contributed by atoms with Crippen molar-refractivity contribution in [1.82, 2.24) is 0 Å². The van der Waals surface area contributed by atoms with Crippen LogP contribution < -0.4 is 10.1 Å². The minimum absolute atomic E-state index is 0.856. The minimum atomic E-state index is 0.856. The summed E-state index contributed by atoms with van der Waals surface area (Å²) in [6.07, 6.45) is 10.5. The van der Waals surface area contributed by atoms with E-state index < -0.39 is 0 Å². The molecule has 0 spiro atoms. The van der Waals surface area contributed by atoms with E-state index in [1.54, 1.807) is 0 Å². The van der Waals surface area contributed by atoms with Crippen molar-refractivity contribution < 1.29 is 4.74 Å². The van der Waals surface area contributed by atoms with Gasteiger partial charge in [-0.15, -0.1) is 0 Å². The van der Waals surface area contributed by atoms with Gasteiger partial charge in [0.25, 0.3) is 0 Å². The lowest BCUT2D eigenvalue weighted by atomic mass is 9.87. The first-order valence-electron chi connectivity index (χ1n) is 9.91. The Balaban J connectivity index is 1.31. The molecule has 3 rings (SSSR count). The molecule has 0 heterocycles. The molecule has 0 amide bonds. The largest absolute Gasteiger partial charge is 0.494 e. The minimum Gasteiger partial charge on any atom is -0.494 e. The molecular formula is C23H31NO. The smallest absolute Gasteiger partial charge is 0.119 e. The van der Waals surface area contributed by atoms with Gasteiger partial charge in [0.15, 0.2) is 0 Å². The quantitative estimate of drug-likeness (QED) is 0.560. The van der Waals surface area contributed by atoms with Gasteiger partial charge in [-0.2, -0.15) is 0 Å². The number of aryl methyl sites for hydroxylation is 1. The molecule has 1 aliphatic rings. The highest BCUT2D eigenvalue weighted by atomic mass is 16.5. The normalized spacial score (nSPS) is 15.0. The molecule has 1 aliphatic carbocycles. The third kappa shape index (κ3) is 6.45. The fraction of sp³-hybridized carbons (Fsp3) is 0.478. The van der Waals surface area contributed by atoms with Crippen molar-refractivity contribution >= 4 is 5.69 Å². The Morgan fingerprint density at radius 2 is 1.64 bits per heavy atom. The highest BCUT2D eigenvalue weighted by molar-refractivity contribution is 5.46. The summed E-state index contributed by atoms with van der Waals surface area (Å²) < 4.78 is 5.92. The molecule has 0 atom stereocenters. The standard InChI is InChI=1S/C23H31NO/c1-3-8-20(9-4-1)12-7-18-24-22-13-15-23(16-14-22)25-19-17-21-10-5-2-6-11-21/h1,3-4,8-9,13-16,21,24H,2,5-7,10-12,17-19H2. The maximum absolute atomic E-state index is 5.92. The molecule has 2 aromatic rings. The van der Waals surface area contributed by atoms with Crippen molar-refractivity contribution in [3.63, 3.8) is 0 Å². The van der Waals surface area contributed by atoms with Crippen LogP contribution in [0.15, 0.2) is 54.6 Å². The summed E-state index contributed by atoms with van der Waals surface area (Å²) in [5, 5.41) is 3.49. The predicted molar refractivity (Wildman–Crippen MR) is 106 cm³/mol. The summed E-state index contributed by atoms with van der Waals surface area (Å²) in [6.45, 7) is 1.85. The lowest BCUT2D eigenvalue weighted by Crippen LogP contribution is -2.10. The molecule has 2 aromatic carbocycles. The lowest BCUT2D eigenvalue weighted by molar-refractivity contribution is 0.246. The molecule has 0 bridgehead atoms. The molecule has 1 fully saturated rings. The second kappa shape index (κ2) is 10.1. The van der Waals surface area contributed by atoms with E-state index in [0.717, 1.165) is 37.7 Å². The van der Waals surface area contributed by atoms with E-state index in [-0.39, 0.29) is 0 Å². The molecule has 134 valence electrons. The Bertz CT molecular complexity index is 587. The van der Waals surface area contributed by atoms with Crippen LogP contribution >= 0.6 is 0 Å². The predicted octanol–water partition coefficient (Wildman–Crippen LogP) is 6.08. The summed E-state index contributed by atoms with van der Waals surface area (Å²) in [5.74, 6) is 1.88. The van der Waals surface area contributed by atoms with Crippen LogP contribution in [0.25, 0.3) is 0 Å². The molecule has 2 nitrogen and oxygen atoms in total. The second-order valence-corrected chi connectivity index (χ2v) is 7.18. The van der Waals surface area contributed by atoms with Crippen molar-refractivity contribution in [2.75, 3.05) is 18.5 Å². The van der Waals surface area contributed by atoms with Gasteiger partial charge < -0.3 is 10.1 Å². The van der Waals surface area contributed by atoms with Gasteiger partial charge in [0.2, 0.25) is 0 Å². The van der Waals surface area contributed by atoms with Gasteiger partial charge in [-0.1, -0.05) is 62.4 Å². The highest BCUT2D eigenvalue weighted by Crippen LogP contribution is 2.26. The van der Waals surface area contributed by atoms with Crippen LogP contribution in [0.5, 0.6) is 5.75 Å². The number of benzene rings is 2. The molecular weight excluding hydrogens is 306 g/mol. The van der Waals surface area contributed by atoms with Gasteiger partial charge in [0, 0.05) is 12.2 Å². The van der Waals surface area contributed by atoms with Crippen LogP contribution in [-0.4, -0.2) is 13.2 Å². The molecule has 0 aromatic heterocycles. The monoisotopic (exact) mass is 337 g/mol. The van der Waals surface area contributed by atoms with E-state index in [9.17, 15) is 0 Å². The molecule has 2 heteroatoms. The Labute approximate surface area is 152 Å². The first-order valence-corrected chi connectivity index (χ1v) is 9.91. The highest BCUT2D eigenvalue weighted by Gasteiger charge is 2.12. The first kappa shape index (κ1) is 17.8. The zero-order valence-electron chi connectivity index (χ0n) is 15.3. The maximum Gasteiger partial charge on any atom is 0.119 e. The third-order valence-corrected chi connectivity index (χ3v) is 5.19. The maximum atomic E-state index is 5.92. The summed E-state index contributed by atoms with van der Waals surface area (Å²) in [5.41, 5.74) is 2.58. The number of ether oxygens (including phenoxy) is 1. The Hall–Kier alpha value is -1.96. The SMILES string of the molecule is c1ccc(CCCNc2ccc(OCCC3CCCCC3)cc2)cc1. The van der Waals surface area contributed by atoms with Crippen LogP contribution in [0, 0.1) is 5.92 Å². The lowest BCUT2D eigenvalue weighted by Gasteiger charge is -2.21. The Kier molecular flexibility index (Phi) is 7.23. The van der Waals surface area contributed by atoms with Crippen molar-refractivity contribution in [2.45, 2.75) is 51.4 Å². The Morgan fingerprint density at radius 3 is 2.40 bits per heavy atom. The molecule has 0 aliphatic heterocycles. The average Bonchev–Trinajstić information content (AvgIpc) is 2.68. The number of anilines is 1. The number of hydrogen-bond acceptors (Lipinski definition) is 2. The van der Waals surface area contributed by atoms with Crippen LogP contribution in [-0.2, 0) is 6.42 Å². The van der Waals surface area contributed by atoms with Gasteiger partial charge >= 0.3 is 0 Å². The second-order valence-electron chi connectivity index (χ2n) is 7.18. The van der Waals surface area contributed by atoms with Crippen LogP contribution in [0.2, 0.25) is 0 Å². The topological polar surface area (TPSA) is 21.3 Å². The number of hydrogen-bond donors (Lipinski definition) is 1. The first-order chi connectivity index (χ1) is 12.4. The molecule has 0 unspecified atom stereocenters. The zero-order valence-corrected chi connectivity index (χ0v) is 15.3. The van der Waals surface area contributed by atoms with Crippen molar-refractivity contribution in [3.05, 3.63) is 60.2 Å². The summed E-state index contributed by atoms with van der Waals surface area (Å²) in [4.78, 5) is 0. The van der Waals surface area contributed by atoms with Gasteiger partial charge in [-0.3, -0.25) is 0 Å². The summed E-state index contributed by atoms with van der Waals surface area (Å²) >= 11 is 0. The van der Waals surface area contributed by atoms with Gasteiger partial charge in [0.05, 0.1) is 6.61 Å². The number of rotatable bonds is 9. The van der Waals surface area contributed by atoms with E-state index in [1.807, 2.05) is 0 Å². The van der Waals surface area contributed by atoms with Crippen molar-refractivity contribution in [3.8, 4) is 5.75 Å². The number of nitrogens with one attached hydrogen (secondary N) is 1. The van der Waals surface area contributed by atoms with E-state index in [4.69, 9.17) is 4.74 Å². The molecule has 25 heavy (non-hydrogen) atoms. The summed E-state index contributed by atoms with van der Waals surface area (Å²) in [7, 11) is 0. The zero-order chi connectivity index (χ0) is 17.2. The van der Waals surface area contributed by atoms with E-state index >= 15 is 0 Å². The summed E-state index contributed by atoms with van der Waals surface area (Å²) in [6, 6.07) is 19.1. The van der Waals surface area contributed by atoms with Crippen molar-refractivity contribution in [2.24, 2.45) is 5.92 Å². The van der Waals surface area contributed by atoms with E-state index in [2.05, 4.69) is 59.9 Å². The van der Waals surface area contributed by atoms with E-state index in [1.165, 1.54) is 49.8 Å². The molecule has 0 saturated heterocycles. The molecule has 0 radical (unpaired) electrons. The van der Waals surface area contributed by atoms with Crippen LogP contribution in [0.3, 0.4) is 0 Å². The average molecular weight is 338 g/mol. The molecule has 1 N–H and O–H groups in total. The van der Waals surface area contributed by atoms with Crippen LogP contribution in [0.1, 0.15) is 50.5 Å². The van der Waals surface area contributed by atoms with Crippen LogP contribution in [0.4, 0.5) is 5.69 Å². The van der Waals surface area contributed by atoms with Gasteiger partial charge in [-0.25, -0.2) is 0 Å². The molecule has 1 saturated carbocycles.